The fraction of sp³-hybridized carbons (Fsp3) is 0.625. The second-order valence-electron chi connectivity index (χ2n) is 10.1. The maximum Gasteiger partial charge on any atom is 0.246 e. The summed E-state index contributed by atoms with van der Waals surface area (Å²) in [6, 6.07) is 7.72. The molecule has 3 aliphatic rings. The minimum atomic E-state index is -1.06. The SMILES string of the molecule is CC[C@@H](CO)N1C(=O)[C@@H]2[C@H](C(=O)Nc3ccccc3)[C@@H]3CCC2(O3)C1C(=O)NC(C)(C)C. The van der Waals surface area contributed by atoms with Gasteiger partial charge in [-0.25, -0.2) is 0 Å². The van der Waals surface area contributed by atoms with E-state index in [2.05, 4.69) is 10.6 Å². The number of rotatable bonds is 6. The Hall–Kier alpha value is -2.45. The van der Waals surface area contributed by atoms with Crippen LogP contribution in [0.15, 0.2) is 30.3 Å². The summed E-state index contributed by atoms with van der Waals surface area (Å²) in [7, 11) is 0. The lowest BCUT2D eigenvalue weighted by Crippen LogP contribution is -2.60. The Morgan fingerprint density at radius 3 is 2.53 bits per heavy atom. The number of likely N-dealkylation sites (tertiary alicyclic amines) is 1. The van der Waals surface area contributed by atoms with Crippen molar-refractivity contribution < 1.29 is 24.2 Å². The summed E-state index contributed by atoms with van der Waals surface area (Å²) in [5, 5.41) is 15.9. The van der Waals surface area contributed by atoms with Gasteiger partial charge in [0.15, 0.2) is 0 Å². The average Bonchev–Trinajstić information content (AvgIpc) is 3.36. The number of fused-ring (bicyclic) bond motifs is 1. The average molecular weight is 444 g/mol. The Morgan fingerprint density at radius 1 is 1.25 bits per heavy atom. The highest BCUT2D eigenvalue weighted by molar-refractivity contribution is 6.02. The van der Waals surface area contributed by atoms with Crippen molar-refractivity contribution in [3.63, 3.8) is 0 Å². The first-order valence-corrected chi connectivity index (χ1v) is 11.4. The second kappa shape index (κ2) is 8.15. The van der Waals surface area contributed by atoms with Crippen LogP contribution in [-0.4, -0.2) is 63.7 Å². The molecule has 174 valence electrons. The minimum absolute atomic E-state index is 0.255. The van der Waals surface area contributed by atoms with Crippen LogP contribution in [0.1, 0.15) is 47.0 Å². The van der Waals surface area contributed by atoms with Crippen LogP contribution in [0.2, 0.25) is 0 Å². The zero-order chi connectivity index (χ0) is 23.3. The zero-order valence-electron chi connectivity index (χ0n) is 19.1. The van der Waals surface area contributed by atoms with Crippen LogP contribution < -0.4 is 10.6 Å². The number of nitrogens with one attached hydrogen (secondary N) is 2. The second-order valence-corrected chi connectivity index (χ2v) is 10.1. The molecule has 8 heteroatoms. The fourth-order valence-electron chi connectivity index (χ4n) is 5.68. The standard InChI is InChI=1S/C24H33N3O5/c1-5-15(13-28)27-19(21(30)26-23(2,3)4)24-12-11-16(32-24)17(18(24)22(27)31)20(29)25-14-9-7-6-8-10-14/h6-10,15-19,28H,5,11-13H2,1-4H3,(H,25,29)(H,26,30)/t15-,16-,17+,18-,19?,24?/m0/s1. The van der Waals surface area contributed by atoms with E-state index in [1.165, 1.54) is 4.90 Å². The normalized spacial score (nSPS) is 32.0. The summed E-state index contributed by atoms with van der Waals surface area (Å²) >= 11 is 0. The van der Waals surface area contributed by atoms with Gasteiger partial charge in [-0.15, -0.1) is 0 Å². The highest BCUT2D eigenvalue weighted by atomic mass is 16.5. The zero-order valence-corrected chi connectivity index (χ0v) is 19.1. The lowest BCUT2D eigenvalue weighted by Gasteiger charge is -2.38. The first-order valence-electron chi connectivity index (χ1n) is 11.4. The maximum absolute atomic E-state index is 13.8. The number of ether oxygens (including phenoxy) is 1. The number of hydrogen-bond donors (Lipinski definition) is 3. The monoisotopic (exact) mass is 443 g/mol. The molecule has 3 aliphatic heterocycles. The first kappa shape index (κ1) is 22.7. The Morgan fingerprint density at radius 2 is 1.94 bits per heavy atom. The van der Waals surface area contributed by atoms with Crippen LogP contribution in [-0.2, 0) is 19.1 Å². The van der Waals surface area contributed by atoms with Crippen molar-refractivity contribution in [3.8, 4) is 0 Å². The van der Waals surface area contributed by atoms with Gasteiger partial charge in [-0.1, -0.05) is 25.1 Å². The van der Waals surface area contributed by atoms with E-state index >= 15 is 0 Å². The highest BCUT2D eigenvalue weighted by Gasteiger charge is 2.75. The first-order chi connectivity index (χ1) is 15.1. The lowest BCUT2D eigenvalue weighted by atomic mass is 9.70. The Labute approximate surface area is 188 Å². The van der Waals surface area contributed by atoms with Crippen LogP contribution >= 0.6 is 0 Å². The van der Waals surface area contributed by atoms with Crippen molar-refractivity contribution in [2.75, 3.05) is 11.9 Å². The van der Waals surface area contributed by atoms with Crippen molar-refractivity contribution >= 4 is 23.4 Å². The molecule has 3 saturated heterocycles. The molecular formula is C24H33N3O5. The third kappa shape index (κ3) is 3.59. The van der Waals surface area contributed by atoms with E-state index in [4.69, 9.17) is 4.74 Å². The van der Waals surface area contributed by atoms with Gasteiger partial charge in [-0.05, 0) is 52.2 Å². The molecule has 3 N–H and O–H groups in total. The minimum Gasteiger partial charge on any atom is -0.394 e. The number of aliphatic hydroxyl groups is 1. The third-order valence-corrected chi connectivity index (χ3v) is 6.90. The predicted octanol–water partition coefficient (Wildman–Crippen LogP) is 1.69. The lowest BCUT2D eigenvalue weighted by molar-refractivity contribution is -0.145. The smallest absolute Gasteiger partial charge is 0.246 e. The molecule has 0 saturated carbocycles. The van der Waals surface area contributed by atoms with Gasteiger partial charge in [0.25, 0.3) is 0 Å². The number of anilines is 1. The molecule has 0 radical (unpaired) electrons. The topological polar surface area (TPSA) is 108 Å². The molecular weight excluding hydrogens is 410 g/mol. The van der Waals surface area contributed by atoms with Crippen molar-refractivity contribution in [2.24, 2.45) is 11.8 Å². The third-order valence-electron chi connectivity index (χ3n) is 6.90. The molecule has 4 rings (SSSR count). The Kier molecular flexibility index (Phi) is 5.79. The van der Waals surface area contributed by atoms with Gasteiger partial charge in [0.2, 0.25) is 17.7 Å². The van der Waals surface area contributed by atoms with E-state index in [9.17, 15) is 19.5 Å². The molecule has 3 fully saturated rings. The molecule has 0 aliphatic carbocycles. The quantitative estimate of drug-likeness (QED) is 0.620. The van der Waals surface area contributed by atoms with Gasteiger partial charge >= 0.3 is 0 Å². The summed E-state index contributed by atoms with van der Waals surface area (Å²) in [4.78, 5) is 42.0. The van der Waals surface area contributed by atoms with Gasteiger partial charge in [-0.3, -0.25) is 14.4 Å². The van der Waals surface area contributed by atoms with Gasteiger partial charge in [-0.2, -0.15) is 0 Å². The van der Waals surface area contributed by atoms with E-state index in [1.807, 2.05) is 45.9 Å². The summed E-state index contributed by atoms with van der Waals surface area (Å²) in [5.74, 6) is -2.28. The molecule has 3 heterocycles. The van der Waals surface area contributed by atoms with Crippen LogP contribution in [0.5, 0.6) is 0 Å². The van der Waals surface area contributed by atoms with Crippen LogP contribution in [0, 0.1) is 11.8 Å². The largest absolute Gasteiger partial charge is 0.394 e. The number of carbonyl (C=O) groups is 3. The van der Waals surface area contributed by atoms with Crippen LogP contribution in [0.25, 0.3) is 0 Å². The van der Waals surface area contributed by atoms with E-state index in [0.717, 1.165) is 0 Å². The Bertz CT molecular complexity index is 895. The molecule has 3 amide bonds. The predicted molar refractivity (Wildman–Crippen MR) is 119 cm³/mol. The van der Waals surface area contributed by atoms with Crippen molar-refractivity contribution in [3.05, 3.63) is 30.3 Å². The van der Waals surface area contributed by atoms with Crippen LogP contribution in [0.3, 0.4) is 0 Å². The number of nitrogens with zero attached hydrogens (tertiary/aromatic N) is 1. The van der Waals surface area contributed by atoms with E-state index in [-0.39, 0.29) is 24.3 Å². The molecule has 2 bridgehead atoms. The Balaban J connectivity index is 1.71. The molecule has 1 aromatic carbocycles. The van der Waals surface area contributed by atoms with Crippen LogP contribution in [0.4, 0.5) is 5.69 Å². The molecule has 8 nitrogen and oxygen atoms in total. The molecule has 1 aromatic rings. The van der Waals surface area contributed by atoms with Gasteiger partial charge < -0.3 is 25.4 Å². The number of amides is 3. The van der Waals surface area contributed by atoms with Gasteiger partial charge in [0, 0.05) is 11.2 Å². The van der Waals surface area contributed by atoms with Crippen molar-refractivity contribution in [1.29, 1.82) is 0 Å². The van der Waals surface area contributed by atoms with E-state index < -0.39 is 41.2 Å². The number of benzene rings is 1. The van der Waals surface area contributed by atoms with E-state index in [0.29, 0.717) is 24.9 Å². The van der Waals surface area contributed by atoms with Gasteiger partial charge in [0.1, 0.15) is 11.6 Å². The number of hydrogen-bond acceptors (Lipinski definition) is 5. The number of para-hydroxylation sites is 1. The van der Waals surface area contributed by atoms with E-state index in [1.54, 1.807) is 12.1 Å². The summed E-state index contributed by atoms with van der Waals surface area (Å²) in [5.41, 5.74) is -0.902. The molecule has 6 atom stereocenters. The molecule has 0 aromatic heterocycles. The van der Waals surface area contributed by atoms with Crippen molar-refractivity contribution in [2.45, 2.75) is 76.3 Å². The fourth-order valence-corrected chi connectivity index (χ4v) is 5.68. The highest BCUT2D eigenvalue weighted by Crippen LogP contribution is 2.59. The molecule has 1 spiro atoms. The number of aliphatic hydroxyl groups excluding tert-OH is 1. The van der Waals surface area contributed by atoms with Crippen molar-refractivity contribution in [1.82, 2.24) is 10.2 Å². The maximum atomic E-state index is 13.8. The summed E-state index contributed by atoms with van der Waals surface area (Å²) in [6.45, 7) is 7.26. The molecule has 2 unspecified atom stereocenters. The summed E-state index contributed by atoms with van der Waals surface area (Å²) < 4.78 is 6.38. The molecule has 32 heavy (non-hydrogen) atoms. The van der Waals surface area contributed by atoms with Gasteiger partial charge in [0.05, 0.1) is 30.6 Å². The summed E-state index contributed by atoms with van der Waals surface area (Å²) in [6.07, 6.45) is 1.23. The number of carbonyl (C=O) groups excluding carboxylic acids is 3.